The molecule has 0 bridgehead atoms. The first kappa shape index (κ1) is 11.5. The van der Waals surface area contributed by atoms with E-state index in [0.29, 0.717) is 19.0 Å². The maximum Gasteiger partial charge on any atom is 0.320 e. The van der Waals surface area contributed by atoms with Gasteiger partial charge in [0.05, 0.1) is 0 Å². The normalized spacial score (nSPS) is 25.1. The van der Waals surface area contributed by atoms with E-state index in [2.05, 4.69) is 11.8 Å². The number of carboxylic acids is 1. The molecule has 0 spiro atoms. The summed E-state index contributed by atoms with van der Waals surface area (Å²) in [6, 6.07) is 0.0788. The van der Waals surface area contributed by atoms with Crippen LogP contribution < -0.4 is 5.73 Å². The molecule has 14 heavy (non-hydrogen) atoms. The van der Waals surface area contributed by atoms with Gasteiger partial charge in [-0.15, -0.1) is 0 Å². The highest BCUT2D eigenvalue weighted by Gasteiger charge is 2.32. The Labute approximate surface area is 85.1 Å². The van der Waals surface area contributed by atoms with Crippen LogP contribution >= 0.6 is 0 Å². The van der Waals surface area contributed by atoms with Gasteiger partial charge in [0, 0.05) is 6.04 Å². The third-order valence-corrected chi connectivity index (χ3v) is 3.02. The second-order valence-corrected chi connectivity index (χ2v) is 3.87. The zero-order valence-corrected chi connectivity index (χ0v) is 8.78. The molecule has 0 aromatic heterocycles. The number of likely N-dealkylation sites (tertiary alicyclic amines) is 1. The number of nitrogens with zero attached hydrogens (tertiary/aromatic N) is 1. The molecular weight excluding hydrogens is 180 g/mol. The van der Waals surface area contributed by atoms with Gasteiger partial charge in [-0.2, -0.15) is 0 Å². The van der Waals surface area contributed by atoms with E-state index in [0.717, 1.165) is 25.8 Å². The van der Waals surface area contributed by atoms with Gasteiger partial charge < -0.3 is 10.8 Å². The predicted molar refractivity (Wildman–Crippen MR) is 55.1 cm³/mol. The Balaban J connectivity index is 2.61. The molecule has 0 aliphatic carbocycles. The van der Waals surface area contributed by atoms with E-state index >= 15 is 0 Å². The molecule has 3 N–H and O–H groups in total. The SMILES string of the molecule is CCC1CCCN1C(CCN)C(=O)O. The van der Waals surface area contributed by atoms with Gasteiger partial charge in [-0.3, -0.25) is 9.69 Å². The molecule has 2 unspecified atom stereocenters. The topological polar surface area (TPSA) is 66.6 Å². The van der Waals surface area contributed by atoms with Crippen LogP contribution in [0, 0.1) is 0 Å². The second-order valence-electron chi connectivity index (χ2n) is 3.87. The van der Waals surface area contributed by atoms with Gasteiger partial charge in [0.25, 0.3) is 0 Å². The number of rotatable bonds is 5. The fourth-order valence-corrected chi connectivity index (χ4v) is 2.30. The maximum absolute atomic E-state index is 11.0. The van der Waals surface area contributed by atoms with Crippen LogP contribution in [0.3, 0.4) is 0 Å². The molecule has 0 saturated carbocycles. The molecule has 2 atom stereocenters. The molecule has 4 heteroatoms. The number of carboxylic acid groups (broad SMARTS) is 1. The molecule has 1 saturated heterocycles. The Morgan fingerprint density at radius 1 is 1.71 bits per heavy atom. The number of hydrogen-bond acceptors (Lipinski definition) is 3. The molecule has 1 rings (SSSR count). The van der Waals surface area contributed by atoms with Crippen molar-refractivity contribution in [3.8, 4) is 0 Å². The van der Waals surface area contributed by atoms with Crippen molar-refractivity contribution in [1.82, 2.24) is 4.90 Å². The lowest BCUT2D eigenvalue weighted by atomic mass is 10.1. The molecule has 0 aromatic rings. The average molecular weight is 200 g/mol. The Hall–Kier alpha value is -0.610. The van der Waals surface area contributed by atoms with Crippen LogP contribution in [0.25, 0.3) is 0 Å². The van der Waals surface area contributed by atoms with Gasteiger partial charge in [0.1, 0.15) is 6.04 Å². The van der Waals surface area contributed by atoms with Crippen molar-refractivity contribution in [2.45, 2.75) is 44.7 Å². The highest BCUT2D eigenvalue weighted by molar-refractivity contribution is 5.73. The molecule has 1 heterocycles. The zero-order valence-electron chi connectivity index (χ0n) is 8.78. The maximum atomic E-state index is 11.0. The average Bonchev–Trinajstić information content (AvgIpc) is 2.61. The minimum atomic E-state index is -0.726. The summed E-state index contributed by atoms with van der Waals surface area (Å²) in [4.78, 5) is 13.1. The summed E-state index contributed by atoms with van der Waals surface area (Å²) in [7, 11) is 0. The van der Waals surface area contributed by atoms with E-state index in [4.69, 9.17) is 10.8 Å². The van der Waals surface area contributed by atoms with E-state index in [9.17, 15) is 4.79 Å². The van der Waals surface area contributed by atoms with Crippen molar-refractivity contribution in [2.75, 3.05) is 13.1 Å². The third-order valence-electron chi connectivity index (χ3n) is 3.02. The van der Waals surface area contributed by atoms with Crippen LogP contribution in [0.5, 0.6) is 0 Å². The summed E-state index contributed by atoms with van der Waals surface area (Å²) in [6.07, 6.45) is 3.85. The van der Waals surface area contributed by atoms with Crippen molar-refractivity contribution in [3.05, 3.63) is 0 Å². The highest BCUT2D eigenvalue weighted by atomic mass is 16.4. The standard InChI is InChI=1S/C10H20N2O2/c1-2-8-4-3-7-12(8)9(5-6-11)10(13)14/h8-9H,2-7,11H2,1H3,(H,13,14). The first-order valence-electron chi connectivity index (χ1n) is 5.39. The van der Waals surface area contributed by atoms with Gasteiger partial charge in [-0.25, -0.2) is 0 Å². The van der Waals surface area contributed by atoms with E-state index in [1.165, 1.54) is 0 Å². The van der Waals surface area contributed by atoms with Crippen molar-refractivity contribution >= 4 is 5.97 Å². The molecule has 0 amide bonds. The predicted octanol–water partition coefficient (Wildman–Crippen LogP) is 0.663. The lowest BCUT2D eigenvalue weighted by Gasteiger charge is -2.29. The highest BCUT2D eigenvalue weighted by Crippen LogP contribution is 2.23. The number of hydrogen-bond donors (Lipinski definition) is 2. The van der Waals surface area contributed by atoms with Gasteiger partial charge in [0.2, 0.25) is 0 Å². The van der Waals surface area contributed by atoms with Gasteiger partial charge in [-0.1, -0.05) is 6.92 Å². The smallest absolute Gasteiger partial charge is 0.320 e. The number of nitrogens with two attached hydrogens (primary N) is 1. The van der Waals surface area contributed by atoms with Crippen LogP contribution in [0.15, 0.2) is 0 Å². The lowest BCUT2D eigenvalue weighted by Crippen LogP contribution is -2.44. The molecule has 1 fully saturated rings. The fraction of sp³-hybridized carbons (Fsp3) is 0.900. The van der Waals surface area contributed by atoms with Crippen LogP contribution in [-0.4, -0.2) is 41.1 Å². The number of carbonyl (C=O) groups is 1. The Bertz CT molecular complexity index is 197. The molecule has 1 aliphatic rings. The van der Waals surface area contributed by atoms with Crippen molar-refractivity contribution in [1.29, 1.82) is 0 Å². The van der Waals surface area contributed by atoms with Crippen LogP contribution in [0.2, 0.25) is 0 Å². The molecule has 82 valence electrons. The van der Waals surface area contributed by atoms with E-state index in [-0.39, 0.29) is 6.04 Å². The first-order valence-corrected chi connectivity index (χ1v) is 5.39. The summed E-state index contributed by atoms with van der Waals surface area (Å²) >= 11 is 0. The van der Waals surface area contributed by atoms with Gasteiger partial charge in [0.15, 0.2) is 0 Å². The largest absolute Gasteiger partial charge is 0.480 e. The quantitative estimate of drug-likeness (QED) is 0.684. The molecule has 1 aliphatic heterocycles. The Morgan fingerprint density at radius 3 is 2.93 bits per heavy atom. The lowest BCUT2D eigenvalue weighted by molar-refractivity contribution is -0.143. The van der Waals surface area contributed by atoms with E-state index in [1.54, 1.807) is 0 Å². The molecule has 4 nitrogen and oxygen atoms in total. The van der Waals surface area contributed by atoms with Crippen molar-refractivity contribution < 1.29 is 9.90 Å². The summed E-state index contributed by atoms with van der Waals surface area (Å²) in [5.41, 5.74) is 5.43. The van der Waals surface area contributed by atoms with E-state index < -0.39 is 5.97 Å². The minimum Gasteiger partial charge on any atom is -0.480 e. The minimum absolute atomic E-state index is 0.368. The molecule has 0 aromatic carbocycles. The van der Waals surface area contributed by atoms with Crippen LogP contribution in [0.4, 0.5) is 0 Å². The Morgan fingerprint density at radius 2 is 2.43 bits per heavy atom. The van der Waals surface area contributed by atoms with Crippen molar-refractivity contribution in [2.24, 2.45) is 5.73 Å². The monoisotopic (exact) mass is 200 g/mol. The van der Waals surface area contributed by atoms with Gasteiger partial charge in [-0.05, 0) is 38.8 Å². The van der Waals surface area contributed by atoms with Crippen LogP contribution in [-0.2, 0) is 4.79 Å². The first-order chi connectivity index (χ1) is 6.70. The third kappa shape index (κ3) is 2.45. The molecular formula is C10H20N2O2. The second kappa shape index (κ2) is 5.32. The summed E-state index contributed by atoms with van der Waals surface area (Å²) in [5, 5.41) is 9.08. The Kier molecular flexibility index (Phi) is 4.35. The summed E-state index contributed by atoms with van der Waals surface area (Å²) in [6.45, 7) is 3.48. The van der Waals surface area contributed by atoms with E-state index in [1.807, 2.05) is 0 Å². The van der Waals surface area contributed by atoms with Gasteiger partial charge >= 0.3 is 5.97 Å². The number of aliphatic carboxylic acids is 1. The summed E-state index contributed by atoms with van der Waals surface area (Å²) < 4.78 is 0. The summed E-state index contributed by atoms with van der Waals surface area (Å²) in [5.74, 6) is -0.726. The van der Waals surface area contributed by atoms with Crippen LogP contribution in [0.1, 0.15) is 32.6 Å². The molecule has 0 radical (unpaired) electrons. The fourth-order valence-electron chi connectivity index (χ4n) is 2.30. The zero-order chi connectivity index (χ0) is 10.6. The van der Waals surface area contributed by atoms with Crippen molar-refractivity contribution in [3.63, 3.8) is 0 Å².